The van der Waals surface area contributed by atoms with Crippen LogP contribution in [0.1, 0.15) is 21.5 Å². The molecule has 2 aliphatic heterocycles. The monoisotopic (exact) mass is 300 g/mol. The second kappa shape index (κ2) is 5.97. The Morgan fingerprint density at radius 3 is 2.32 bits per heavy atom. The smallest absolute Gasteiger partial charge is 0.153 e. The van der Waals surface area contributed by atoms with Gasteiger partial charge in [0.2, 0.25) is 0 Å². The molecule has 2 aromatic carbocycles. The summed E-state index contributed by atoms with van der Waals surface area (Å²) in [5.74, 6) is 1.80. The Morgan fingerprint density at radius 1 is 0.909 bits per heavy atom. The van der Waals surface area contributed by atoms with Crippen molar-refractivity contribution in [3.63, 3.8) is 0 Å². The highest BCUT2D eigenvalue weighted by Gasteiger charge is 2.15. The minimum Gasteiger partial charge on any atom is -0.508 e. The molecule has 0 unspecified atom stereocenters. The third kappa shape index (κ3) is 2.83. The van der Waals surface area contributed by atoms with E-state index in [1.807, 2.05) is 6.07 Å². The van der Waals surface area contributed by atoms with Gasteiger partial charge in [-0.15, -0.1) is 0 Å². The summed E-state index contributed by atoms with van der Waals surface area (Å²) < 4.78 is 10.4. The first kappa shape index (κ1) is 14.3. The van der Waals surface area contributed by atoms with Crippen molar-refractivity contribution in [3.8, 4) is 23.0 Å². The molecule has 0 atom stereocenters. The highest BCUT2D eigenvalue weighted by atomic mass is 16.5. The molecule has 0 aromatic heterocycles. The van der Waals surface area contributed by atoms with E-state index < -0.39 is 0 Å². The molecule has 2 aliphatic rings. The molecule has 5 nitrogen and oxygen atoms in total. The number of hydrogen-bond donors (Lipinski definition) is 2. The number of benzene rings is 2. The summed E-state index contributed by atoms with van der Waals surface area (Å²) in [7, 11) is 0. The lowest BCUT2D eigenvalue weighted by atomic mass is 10.1. The summed E-state index contributed by atoms with van der Waals surface area (Å²) >= 11 is 0. The maximum atomic E-state index is 10.4. The van der Waals surface area contributed by atoms with Gasteiger partial charge in [0.05, 0.1) is 18.8 Å². The van der Waals surface area contributed by atoms with Crippen LogP contribution in [-0.2, 0) is 12.8 Å². The summed E-state index contributed by atoms with van der Waals surface area (Å²) in [6.07, 6.45) is 2.43. The van der Waals surface area contributed by atoms with Crippen molar-refractivity contribution in [2.24, 2.45) is 0 Å². The Bertz CT molecular complexity index is 708. The Morgan fingerprint density at radius 2 is 1.59 bits per heavy atom. The first-order valence-electron chi connectivity index (χ1n) is 7.06. The molecule has 0 amide bonds. The third-order valence-electron chi connectivity index (χ3n) is 3.65. The molecule has 4 rings (SSSR count). The van der Waals surface area contributed by atoms with Gasteiger partial charge in [-0.2, -0.15) is 0 Å². The van der Waals surface area contributed by atoms with Crippen molar-refractivity contribution >= 4 is 6.29 Å². The molecule has 0 spiro atoms. The predicted molar refractivity (Wildman–Crippen MR) is 80.0 cm³/mol. The highest BCUT2D eigenvalue weighted by Crippen LogP contribution is 2.31. The highest BCUT2D eigenvalue weighted by molar-refractivity contribution is 5.80. The van der Waals surface area contributed by atoms with Crippen LogP contribution >= 0.6 is 0 Å². The fraction of sp³-hybridized carbons (Fsp3) is 0.235. The molecular weight excluding hydrogens is 284 g/mol. The van der Waals surface area contributed by atoms with Crippen LogP contribution in [0.2, 0.25) is 0 Å². The maximum Gasteiger partial charge on any atom is 0.153 e. The summed E-state index contributed by atoms with van der Waals surface area (Å²) in [6, 6.07) is 8.41. The maximum absolute atomic E-state index is 10.4. The molecule has 0 saturated carbocycles. The van der Waals surface area contributed by atoms with Crippen LogP contribution in [0.4, 0.5) is 0 Å². The fourth-order valence-electron chi connectivity index (χ4n) is 2.48. The van der Waals surface area contributed by atoms with E-state index >= 15 is 0 Å². The fourth-order valence-corrected chi connectivity index (χ4v) is 2.48. The van der Waals surface area contributed by atoms with Crippen molar-refractivity contribution in [3.05, 3.63) is 47.0 Å². The minimum atomic E-state index is -0.00866. The van der Waals surface area contributed by atoms with Crippen LogP contribution in [0.15, 0.2) is 30.3 Å². The van der Waals surface area contributed by atoms with E-state index in [1.165, 1.54) is 11.6 Å². The average Bonchev–Trinajstić information content (AvgIpc) is 3.14. The van der Waals surface area contributed by atoms with Crippen molar-refractivity contribution in [1.82, 2.24) is 0 Å². The van der Waals surface area contributed by atoms with Crippen LogP contribution in [0.3, 0.4) is 0 Å². The third-order valence-corrected chi connectivity index (χ3v) is 3.65. The normalized spacial score (nSPS) is 14.0. The second-order valence-corrected chi connectivity index (χ2v) is 5.13. The molecule has 2 heterocycles. The van der Waals surface area contributed by atoms with Gasteiger partial charge < -0.3 is 19.7 Å². The van der Waals surface area contributed by atoms with Gasteiger partial charge in [-0.1, -0.05) is 6.07 Å². The lowest BCUT2D eigenvalue weighted by molar-refractivity contribution is 0.112. The SMILES string of the molecule is O=Cc1cc2c(cc1O)OCC2.Oc1ccc2c(c1)OCC2. The second-order valence-electron chi connectivity index (χ2n) is 5.13. The summed E-state index contributed by atoms with van der Waals surface area (Å²) in [5.41, 5.74) is 2.52. The molecule has 0 fully saturated rings. The Kier molecular flexibility index (Phi) is 3.87. The number of phenolic OH excluding ortho intramolecular Hbond substituents is 2. The first-order chi connectivity index (χ1) is 10.7. The Hall–Kier alpha value is -2.69. The van der Waals surface area contributed by atoms with Crippen LogP contribution in [-0.4, -0.2) is 29.7 Å². The van der Waals surface area contributed by atoms with Crippen molar-refractivity contribution in [2.75, 3.05) is 13.2 Å². The number of aldehydes is 1. The zero-order valence-electron chi connectivity index (χ0n) is 11.9. The number of ether oxygens (including phenoxy) is 2. The van der Waals surface area contributed by atoms with Gasteiger partial charge in [-0.3, -0.25) is 4.79 Å². The first-order valence-corrected chi connectivity index (χ1v) is 7.06. The quantitative estimate of drug-likeness (QED) is 0.791. The molecule has 0 saturated heterocycles. The molecule has 5 heteroatoms. The van der Waals surface area contributed by atoms with Gasteiger partial charge in [0.15, 0.2) is 6.29 Å². The van der Waals surface area contributed by atoms with E-state index in [1.54, 1.807) is 18.2 Å². The van der Waals surface area contributed by atoms with E-state index in [-0.39, 0.29) is 11.5 Å². The van der Waals surface area contributed by atoms with Gasteiger partial charge in [0.1, 0.15) is 23.0 Å². The van der Waals surface area contributed by atoms with E-state index in [4.69, 9.17) is 14.6 Å². The Balaban J connectivity index is 0.000000133. The lowest BCUT2D eigenvalue weighted by Crippen LogP contribution is -1.85. The summed E-state index contributed by atoms with van der Waals surface area (Å²) in [5, 5.41) is 18.3. The predicted octanol–water partition coefficient (Wildman–Crippen LogP) is 2.47. The van der Waals surface area contributed by atoms with Crippen molar-refractivity contribution in [2.45, 2.75) is 12.8 Å². The van der Waals surface area contributed by atoms with E-state index in [2.05, 4.69) is 0 Å². The standard InChI is InChI=1S/C9H8O3.C8H8O2/c10-5-7-3-6-1-2-12-9(6)4-8(7)11;9-7-2-1-6-3-4-10-8(6)5-7/h3-5,11H,1-2H2;1-2,5,9H,3-4H2. The van der Waals surface area contributed by atoms with Crippen molar-refractivity contribution in [1.29, 1.82) is 0 Å². The summed E-state index contributed by atoms with van der Waals surface area (Å²) in [4.78, 5) is 10.4. The number of carbonyl (C=O) groups is 1. The molecular formula is C17H16O5. The van der Waals surface area contributed by atoms with Gasteiger partial charge in [-0.05, 0) is 23.3 Å². The topological polar surface area (TPSA) is 76.0 Å². The van der Waals surface area contributed by atoms with Crippen LogP contribution in [0.25, 0.3) is 0 Å². The molecule has 114 valence electrons. The van der Waals surface area contributed by atoms with Gasteiger partial charge in [-0.25, -0.2) is 0 Å². The van der Waals surface area contributed by atoms with E-state index in [0.717, 1.165) is 30.8 Å². The van der Waals surface area contributed by atoms with Crippen LogP contribution in [0, 0.1) is 0 Å². The molecule has 0 radical (unpaired) electrons. The molecule has 0 aliphatic carbocycles. The largest absolute Gasteiger partial charge is 0.508 e. The number of fused-ring (bicyclic) bond motifs is 2. The minimum absolute atomic E-state index is 0.00866. The molecule has 2 N–H and O–H groups in total. The number of hydrogen-bond acceptors (Lipinski definition) is 5. The van der Waals surface area contributed by atoms with Crippen molar-refractivity contribution < 1.29 is 24.5 Å². The zero-order valence-corrected chi connectivity index (χ0v) is 11.9. The summed E-state index contributed by atoms with van der Waals surface area (Å²) in [6.45, 7) is 1.38. The van der Waals surface area contributed by atoms with Gasteiger partial charge in [0, 0.05) is 25.0 Å². The van der Waals surface area contributed by atoms with E-state index in [9.17, 15) is 9.90 Å². The average molecular weight is 300 g/mol. The molecule has 0 bridgehead atoms. The van der Waals surface area contributed by atoms with Crippen LogP contribution in [0.5, 0.6) is 23.0 Å². The number of phenols is 2. The number of aromatic hydroxyl groups is 2. The van der Waals surface area contributed by atoms with E-state index in [0.29, 0.717) is 24.2 Å². The van der Waals surface area contributed by atoms with Gasteiger partial charge in [0.25, 0.3) is 0 Å². The van der Waals surface area contributed by atoms with Crippen LogP contribution < -0.4 is 9.47 Å². The molecule has 22 heavy (non-hydrogen) atoms. The lowest BCUT2D eigenvalue weighted by Gasteiger charge is -2.01. The zero-order chi connectivity index (χ0) is 15.5. The number of carbonyl (C=O) groups excluding carboxylic acids is 1. The Labute approximate surface area is 127 Å². The number of rotatable bonds is 1. The molecule has 2 aromatic rings. The van der Waals surface area contributed by atoms with Gasteiger partial charge >= 0.3 is 0 Å².